The van der Waals surface area contributed by atoms with E-state index in [0.29, 0.717) is 18.5 Å². The minimum atomic E-state index is -3.81. The number of sulfonamides is 1. The molecule has 4 N–H and O–H groups in total. The van der Waals surface area contributed by atoms with E-state index in [1.807, 2.05) is 31.2 Å². The molecule has 0 saturated heterocycles. The molecule has 132 valence electrons. The summed E-state index contributed by atoms with van der Waals surface area (Å²) >= 11 is 0. The van der Waals surface area contributed by atoms with Gasteiger partial charge in [0.25, 0.3) is 10.0 Å². The largest absolute Gasteiger partial charge is 0.318 e. The zero-order valence-corrected chi connectivity index (χ0v) is 15.1. The van der Waals surface area contributed by atoms with E-state index in [1.165, 1.54) is 4.31 Å². The molecule has 0 bridgehead atoms. The second kappa shape index (κ2) is 5.30. The van der Waals surface area contributed by atoms with Crippen LogP contribution in [-0.2, 0) is 15.6 Å². The van der Waals surface area contributed by atoms with Crippen LogP contribution >= 0.6 is 0 Å². The van der Waals surface area contributed by atoms with Gasteiger partial charge < -0.3 is 11.5 Å². The van der Waals surface area contributed by atoms with E-state index in [-0.39, 0.29) is 4.90 Å². The molecule has 2 aliphatic rings. The normalized spacial score (nSPS) is 28.5. The quantitative estimate of drug-likeness (QED) is 0.864. The number of hydrogen-bond acceptors (Lipinski definition) is 4. The van der Waals surface area contributed by atoms with Crippen molar-refractivity contribution in [1.82, 2.24) is 0 Å². The molecular formula is C19H23N3O2S. The third-order valence-electron chi connectivity index (χ3n) is 5.68. The van der Waals surface area contributed by atoms with Crippen LogP contribution in [0.15, 0.2) is 53.4 Å². The van der Waals surface area contributed by atoms with Crippen LogP contribution in [0, 0.1) is 6.92 Å². The van der Waals surface area contributed by atoms with Crippen molar-refractivity contribution >= 4 is 15.7 Å². The Labute approximate surface area is 148 Å². The van der Waals surface area contributed by atoms with Crippen molar-refractivity contribution in [3.8, 4) is 0 Å². The van der Waals surface area contributed by atoms with Gasteiger partial charge in [-0.3, -0.25) is 0 Å². The van der Waals surface area contributed by atoms with E-state index in [4.69, 9.17) is 11.5 Å². The lowest BCUT2D eigenvalue weighted by Gasteiger charge is -2.48. The zero-order valence-electron chi connectivity index (χ0n) is 14.3. The number of nitrogens with zero attached hydrogens (tertiary/aromatic N) is 1. The lowest BCUT2D eigenvalue weighted by molar-refractivity contribution is 0.174. The highest BCUT2D eigenvalue weighted by Crippen LogP contribution is 2.55. The van der Waals surface area contributed by atoms with Crippen molar-refractivity contribution in [3.05, 3.63) is 59.7 Å². The fourth-order valence-electron chi connectivity index (χ4n) is 4.29. The van der Waals surface area contributed by atoms with Gasteiger partial charge in [0.1, 0.15) is 5.66 Å². The number of hydrogen-bond donors (Lipinski definition) is 2. The Balaban J connectivity index is 1.95. The number of para-hydroxylation sites is 1. The summed E-state index contributed by atoms with van der Waals surface area (Å²) in [6, 6.07) is 14.3. The average molecular weight is 357 g/mol. The first-order valence-electron chi connectivity index (χ1n) is 8.60. The van der Waals surface area contributed by atoms with Crippen molar-refractivity contribution in [1.29, 1.82) is 0 Å². The van der Waals surface area contributed by atoms with Crippen molar-refractivity contribution in [3.63, 3.8) is 0 Å². The molecule has 2 atom stereocenters. The smallest absolute Gasteiger partial charge is 0.265 e. The van der Waals surface area contributed by atoms with Crippen LogP contribution in [0.3, 0.4) is 0 Å². The Hall–Kier alpha value is -1.89. The van der Waals surface area contributed by atoms with Gasteiger partial charge in [0, 0.05) is 5.56 Å². The number of nitrogens with two attached hydrogens (primary N) is 2. The third-order valence-corrected chi connectivity index (χ3v) is 7.55. The summed E-state index contributed by atoms with van der Waals surface area (Å²) in [5.41, 5.74) is 14.0. The minimum Gasteiger partial charge on any atom is -0.318 e. The van der Waals surface area contributed by atoms with Crippen molar-refractivity contribution in [2.45, 2.75) is 48.7 Å². The highest BCUT2D eigenvalue weighted by molar-refractivity contribution is 7.93. The standard InChI is InChI=1S/C19H23N3O2S/c1-14-8-10-15(11-9-14)25(23,24)22-17-7-3-2-6-16(17)18(20)12-4-5-13-19(18,22)21/h2-3,6-11H,4-5,12-13,20-21H2,1H3/t18-,19+/m1/s1. The van der Waals surface area contributed by atoms with Gasteiger partial charge in [-0.15, -0.1) is 0 Å². The number of aryl methyl sites for hydroxylation is 1. The molecule has 5 nitrogen and oxygen atoms in total. The number of rotatable bonds is 2. The third kappa shape index (κ3) is 2.11. The van der Waals surface area contributed by atoms with Gasteiger partial charge in [-0.25, -0.2) is 12.7 Å². The molecule has 0 spiro atoms. The molecule has 0 aromatic heterocycles. The molecule has 25 heavy (non-hydrogen) atoms. The van der Waals surface area contributed by atoms with Gasteiger partial charge >= 0.3 is 0 Å². The van der Waals surface area contributed by atoms with E-state index >= 15 is 0 Å². The Kier molecular flexibility index (Phi) is 3.51. The van der Waals surface area contributed by atoms with E-state index in [2.05, 4.69) is 0 Å². The first-order valence-corrected chi connectivity index (χ1v) is 10.0. The summed E-state index contributed by atoms with van der Waals surface area (Å²) in [4.78, 5) is 0.243. The molecule has 2 aromatic carbocycles. The molecule has 1 saturated carbocycles. The molecular weight excluding hydrogens is 334 g/mol. The van der Waals surface area contributed by atoms with Crippen LogP contribution in [-0.4, -0.2) is 14.1 Å². The van der Waals surface area contributed by atoms with Gasteiger partial charge in [0.2, 0.25) is 0 Å². The highest BCUT2D eigenvalue weighted by Gasteiger charge is 2.62. The Bertz CT molecular complexity index is 926. The number of fused-ring (bicyclic) bond motifs is 3. The molecule has 1 fully saturated rings. The molecule has 1 aliphatic heterocycles. The molecule has 6 heteroatoms. The predicted octanol–water partition coefficient (Wildman–Crippen LogP) is 2.59. The molecule has 1 heterocycles. The van der Waals surface area contributed by atoms with Crippen molar-refractivity contribution in [2.24, 2.45) is 11.5 Å². The highest BCUT2D eigenvalue weighted by atomic mass is 32.2. The van der Waals surface area contributed by atoms with E-state index in [0.717, 1.165) is 24.0 Å². The van der Waals surface area contributed by atoms with Crippen LogP contribution in [0.1, 0.15) is 36.8 Å². The lowest BCUT2D eigenvalue weighted by Crippen LogP contribution is -2.70. The lowest BCUT2D eigenvalue weighted by atomic mass is 9.72. The van der Waals surface area contributed by atoms with Crippen molar-refractivity contribution < 1.29 is 8.42 Å². The average Bonchev–Trinajstić information content (AvgIpc) is 2.80. The van der Waals surface area contributed by atoms with Gasteiger partial charge in [0.15, 0.2) is 0 Å². The summed E-state index contributed by atoms with van der Waals surface area (Å²) < 4.78 is 28.4. The maximum Gasteiger partial charge on any atom is 0.265 e. The van der Waals surface area contributed by atoms with E-state index in [1.54, 1.807) is 24.3 Å². The molecule has 0 unspecified atom stereocenters. The van der Waals surface area contributed by atoms with Gasteiger partial charge in [0.05, 0.1) is 16.1 Å². The number of anilines is 1. The SMILES string of the molecule is Cc1ccc(S(=O)(=O)N2c3ccccc3[C@]3(N)CCCC[C@]23N)cc1. The molecule has 2 aromatic rings. The van der Waals surface area contributed by atoms with Crippen LogP contribution in [0.5, 0.6) is 0 Å². The molecule has 0 radical (unpaired) electrons. The maximum absolute atomic E-state index is 13.5. The van der Waals surface area contributed by atoms with Crippen LogP contribution < -0.4 is 15.8 Å². The topological polar surface area (TPSA) is 89.4 Å². The van der Waals surface area contributed by atoms with Crippen LogP contribution in [0.2, 0.25) is 0 Å². The van der Waals surface area contributed by atoms with Crippen molar-refractivity contribution in [2.75, 3.05) is 4.31 Å². The van der Waals surface area contributed by atoms with Gasteiger partial charge in [-0.2, -0.15) is 0 Å². The summed E-state index contributed by atoms with van der Waals surface area (Å²) in [6.07, 6.45) is 3.04. The van der Waals surface area contributed by atoms with Crippen LogP contribution in [0.4, 0.5) is 5.69 Å². The first-order chi connectivity index (χ1) is 11.8. The molecule has 1 aliphatic carbocycles. The van der Waals surface area contributed by atoms with Crippen LogP contribution in [0.25, 0.3) is 0 Å². The van der Waals surface area contributed by atoms with E-state index in [9.17, 15) is 8.42 Å². The number of benzene rings is 2. The monoisotopic (exact) mass is 357 g/mol. The first kappa shape index (κ1) is 16.6. The fourth-order valence-corrected chi connectivity index (χ4v) is 6.08. The Morgan fingerprint density at radius 2 is 1.60 bits per heavy atom. The summed E-state index contributed by atoms with van der Waals surface area (Å²) in [5.74, 6) is 0. The second-order valence-electron chi connectivity index (χ2n) is 7.20. The summed E-state index contributed by atoms with van der Waals surface area (Å²) in [7, 11) is -3.81. The Morgan fingerprint density at radius 3 is 2.32 bits per heavy atom. The second-order valence-corrected chi connectivity index (χ2v) is 8.99. The minimum absolute atomic E-state index is 0.243. The molecule has 0 amide bonds. The summed E-state index contributed by atoms with van der Waals surface area (Å²) in [6.45, 7) is 1.93. The van der Waals surface area contributed by atoms with Gasteiger partial charge in [-0.05, 0) is 44.4 Å². The van der Waals surface area contributed by atoms with E-state index < -0.39 is 21.2 Å². The fraction of sp³-hybridized carbons (Fsp3) is 0.368. The predicted molar refractivity (Wildman–Crippen MR) is 98.5 cm³/mol. The summed E-state index contributed by atoms with van der Waals surface area (Å²) in [5, 5.41) is 0. The maximum atomic E-state index is 13.5. The zero-order chi connectivity index (χ0) is 17.9. The molecule has 4 rings (SSSR count). The Morgan fingerprint density at radius 1 is 0.960 bits per heavy atom. The van der Waals surface area contributed by atoms with Gasteiger partial charge in [-0.1, -0.05) is 42.3 Å².